The average molecular weight is 226 g/mol. The largest absolute Gasteiger partial charge is 0.382 e. The Balaban J connectivity index is 2.27. The van der Waals surface area contributed by atoms with E-state index in [2.05, 4.69) is 20.2 Å². The Morgan fingerprint density at radius 1 is 1.06 bits per heavy atom. The molecule has 0 atom stereocenters. The Hall–Kier alpha value is -2.63. The molecule has 0 aliphatic carbocycles. The van der Waals surface area contributed by atoms with Crippen LogP contribution in [0.15, 0.2) is 30.5 Å². The zero-order valence-corrected chi connectivity index (χ0v) is 8.88. The topological polar surface area (TPSA) is 106 Å². The predicted octanol–water partition coefficient (Wildman–Crippen LogP) is 1.18. The van der Waals surface area contributed by atoms with Gasteiger partial charge in [-0.05, 0) is 6.07 Å². The average Bonchev–Trinajstić information content (AvgIpc) is 2.73. The third kappa shape index (κ3) is 1.46. The normalized spacial score (nSPS) is 10.8. The van der Waals surface area contributed by atoms with E-state index in [9.17, 15) is 0 Å². The molecule has 0 bridgehead atoms. The van der Waals surface area contributed by atoms with Crippen LogP contribution in [-0.4, -0.2) is 20.2 Å². The Bertz CT molecular complexity index is 687. The van der Waals surface area contributed by atoms with Crippen LogP contribution in [0.5, 0.6) is 0 Å². The van der Waals surface area contributed by atoms with Crippen molar-refractivity contribution in [3.63, 3.8) is 0 Å². The van der Waals surface area contributed by atoms with Gasteiger partial charge >= 0.3 is 0 Å². The summed E-state index contributed by atoms with van der Waals surface area (Å²) >= 11 is 0. The summed E-state index contributed by atoms with van der Waals surface area (Å²) in [5.74, 6) is 0.355. The number of nitrogen functional groups attached to an aromatic ring is 2. The fourth-order valence-electron chi connectivity index (χ4n) is 1.81. The van der Waals surface area contributed by atoms with Crippen LogP contribution in [0.3, 0.4) is 0 Å². The fourth-order valence-corrected chi connectivity index (χ4v) is 1.81. The van der Waals surface area contributed by atoms with Crippen LogP contribution >= 0.6 is 0 Å². The molecule has 0 spiro atoms. The van der Waals surface area contributed by atoms with Gasteiger partial charge in [0.2, 0.25) is 5.95 Å². The highest BCUT2D eigenvalue weighted by Crippen LogP contribution is 2.29. The van der Waals surface area contributed by atoms with E-state index in [0.29, 0.717) is 5.69 Å². The number of anilines is 2. The van der Waals surface area contributed by atoms with Gasteiger partial charge in [-0.1, -0.05) is 18.2 Å². The van der Waals surface area contributed by atoms with Gasteiger partial charge in [0.1, 0.15) is 5.69 Å². The minimum atomic E-state index is 0.0751. The number of H-pyrrole nitrogens is 1. The molecule has 0 unspecified atom stereocenters. The first kappa shape index (κ1) is 9.59. The highest BCUT2D eigenvalue weighted by molar-refractivity contribution is 5.96. The molecule has 17 heavy (non-hydrogen) atoms. The Kier molecular flexibility index (Phi) is 1.94. The first-order valence-electron chi connectivity index (χ1n) is 5.08. The van der Waals surface area contributed by atoms with Gasteiger partial charge in [-0.25, -0.2) is 0 Å². The van der Waals surface area contributed by atoms with Crippen molar-refractivity contribution >= 4 is 22.7 Å². The van der Waals surface area contributed by atoms with E-state index in [4.69, 9.17) is 11.5 Å². The van der Waals surface area contributed by atoms with Crippen molar-refractivity contribution in [3.8, 4) is 11.3 Å². The molecule has 0 fully saturated rings. The van der Waals surface area contributed by atoms with Crippen LogP contribution in [0, 0.1) is 0 Å². The molecule has 0 amide bonds. The number of benzene rings is 1. The summed E-state index contributed by atoms with van der Waals surface area (Å²) in [5, 5.41) is 8.74. The molecular formula is C11H10N6. The maximum Gasteiger partial charge on any atom is 0.242 e. The number of fused-ring (bicyclic) bond motifs is 1. The maximum atomic E-state index is 5.80. The number of aromatic nitrogens is 4. The quantitative estimate of drug-likeness (QED) is 0.577. The van der Waals surface area contributed by atoms with E-state index in [1.165, 1.54) is 0 Å². The van der Waals surface area contributed by atoms with Crippen LogP contribution in [-0.2, 0) is 0 Å². The van der Waals surface area contributed by atoms with Gasteiger partial charge < -0.3 is 16.5 Å². The van der Waals surface area contributed by atoms with Gasteiger partial charge in [0.05, 0.1) is 0 Å². The number of nitrogens with two attached hydrogens (primary N) is 2. The van der Waals surface area contributed by atoms with Crippen LogP contribution < -0.4 is 11.5 Å². The molecular weight excluding hydrogens is 216 g/mol. The van der Waals surface area contributed by atoms with Crippen LogP contribution in [0.1, 0.15) is 0 Å². The van der Waals surface area contributed by atoms with Crippen molar-refractivity contribution in [1.29, 1.82) is 0 Å². The number of nitrogens with one attached hydrogen (secondary N) is 1. The molecule has 6 heteroatoms. The molecule has 0 saturated carbocycles. The Morgan fingerprint density at radius 2 is 1.88 bits per heavy atom. The summed E-state index contributed by atoms with van der Waals surface area (Å²) in [6.45, 7) is 0. The number of hydrogen-bond donors (Lipinski definition) is 3. The standard InChI is InChI=1S/C11H10N6/c12-10-9(16-17-11(13)15-10)7-5-14-8-4-2-1-3-6(7)8/h1-5,14H,(H4,12,13,15,17). The van der Waals surface area contributed by atoms with Crippen molar-refractivity contribution in [2.75, 3.05) is 11.5 Å². The maximum absolute atomic E-state index is 5.80. The van der Waals surface area contributed by atoms with E-state index >= 15 is 0 Å². The highest BCUT2D eigenvalue weighted by atomic mass is 15.2. The van der Waals surface area contributed by atoms with Crippen molar-refractivity contribution in [3.05, 3.63) is 30.5 Å². The SMILES string of the molecule is Nc1nnc(-c2c[nH]c3ccccc23)c(N)n1. The molecule has 84 valence electrons. The van der Waals surface area contributed by atoms with Crippen LogP contribution in [0.2, 0.25) is 0 Å². The number of nitrogens with zero attached hydrogens (tertiary/aromatic N) is 3. The lowest BCUT2D eigenvalue weighted by atomic mass is 10.1. The molecule has 6 nitrogen and oxygen atoms in total. The minimum Gasteiger partial charge on any atom is -0.382 e. The lowest BCUT2D eigenvalue weighted by molar-refractivity contribution is 1.00. The van der Waals surface area contributed by atoms with Crippen LogP contribution in [0.25, 0.3) is 22.2 Å². The molecule has 2 aromatic heterocycles. The van der Waals surface area contributed by atoms with Gasteiger partial charge in [-0.3, -0.25) is 0 Å². The monoisotopic (exact) mass is 226 g/mol. The second-order valence-electron chi connectivity index (χ2n) is 3.65. The second kappa shape index (κ2) is 3.44. The molecule has 1 aromatic carbocycles. The first-order chi connectivity index (χ1) is 8.25. The van der Waals surface area contributed by atoms with E-state index in [1.54, 1.807) is 0 Å². The second-order valence-corrected chi connectivity index (χ2v) is 3.65. The predicted molar refractivity (Wildman–Crippen MR) is 65.9 cm³/mol. The third-order valence-corrected chi connectivity index (χ3v) is 2.57. The molecule has 3 rings (SSSR count). The van der Waals surface area contributed by atoms with E-state index in [1.807, 2.05) is 30.5 Å². The molecule has 0 aliphatic rings. The van der Waals surface area contributed by atoms with E-state index < -0.39 is 0 Å². The third-order valence-electron chi connectivity index (χ3n) is 2.57. The Labute approximate surface area is 96.7 Å². The molecule has 0 aliphatic heterocycles. The van der Waals surface area contributed by atoms with Crippen molar-refractivity contribution in [1.82, 2.24) is 20.2 Å². The van der Waals surface area contributed by atoms with Crippen molar-refractivity contribution in [2.24, 2.45) is 0 Å². The minimum absolute atomic E-state index is 0.0751. The molecule has 3 aromatic rings. The van der Waals surface area contributed by atoms with Crippen molar-refractivity contribution < 1.29 is 0 Å². The van der Waals surface area contributed by atoms with Gasteiger partial charge in [0.25, 0.3) is 0 Å². The number of para-hydroxylation sites is 1. The molecule has 0 radical (unpaired) electrons. The first-order valence-corrected chi connectivity index (χ1v) is 5.08. The molecule has 5 N–H and O–H groups in total. The smallest absolute Gasteiger partial charge is 0.242 e. The summed E-state index contributed by atoms with van der Waals surface area (Å²) in [6.07, 6.45) is 1.84. The van der Waals surface area contributed by atoms with Gasteiger partial charge in [-0.2, -0.15) is 4.98 Å². The summed E-state index contributed by atoms with van der Waals surface area (Å²) in [4.78, 5) is 7.05. The van der Waals surface area contributed by atoms with Gasteiger partial charge in [-0.15, -0.1) is 10.2 Å². The van der Waals surface area contributed by atoms with E-state index in [-0.39, 0.29) is 11.8 Å². The number of rotatable bonds is 1. The summed E-state index contributed by atoms with van der Waals surface area (Å²) < 4.78 is 0. The zero-order valence-electron chi connectivity index (χ0n) is 8.88. The summed E-state index contributed by atoms with van der Waals surface area (Å²) in [5.41, 5.74) is 13.6. The molecule has 2 heterocycles. The van der Waals surface area contributed by atoms with Gasteiger partial charge in [0, 0.05) is 22.7 Å². The van der Waals surface area contributed by atoms with Crippen LogP contribution in [0.4, 0.5) is 11.8 Å². The van der Waals surface area contributed by atoms with Crippen molar-refractivity contribution in [2.45, 2.75) is 0 Å². The van der Waals surface area contributed by atoms with E-state index in [0.717, 1.165) is 16.5 Å². The number of aromatic amines is 1. The molecule has 0 saturated heterocycles. The summed E-state index contributed by atoms with van der Waals surface area (Å²) in [7, 11) is 0. The fraction of sp³-hybridized carbons (Fsp3) is 0. The Morgan fingerprint density at radius 3 is 2.71 bits per heavy atom. The number of hydrogen-bond acceptors (Lipinski definition) is 5. The lowest BCUT2D eigenvalue weighted by Gasteiger charge is -2.01. The lowest BCUT2D eigenvalue weighted by Crippen LogP contribution is -2.04. The van der Waals surface area contributed by atoms with Gasteiger partial charge in [0.15, 0.2) is 5.82 Å². The highest BCUT2D eigenvalue weighted by Gasteiger charge is 2.11. The summed E-state index contributed by atoms with van der Waals surface area (Å²) in [6, 6.07) is 7.87. The zero-order chi connectivity index (χ0) is 11.8.